The highest BCUT2D eigenvalue weighted by Gasteiger charge is 2.35. The lowest BCUT2D eigenvalue weighted by molar-refractivity contribution is -0.123. The number of rotatable bonds is 6. The molecule has 32 heavy (non-hydrogen) atoms. The SMILES string of the molecule is O=C1S/C(=C\c2ccccc2OS(=O)(=O)c2ccccc2)C(=O)N1Cc1ccc(I)cc1. The van der Waals surface area contributed by atoms with Crippen molar-refractivity contribution in [1.82, 2.24) is 4.90 Å². The van der Waals surface area contributed by atoms with Gasteiger partial charge in [-0.3, -0.25) is 14.5 Å². The van der Waals surface area contributed by atoms with Crippen LogP contribution >= 0.6 is 34.4 Å². The zero-order valence-corrected chi connectivity index (χ0v) is 20.3. The van der Waals surface area contributed by atoms with Crippen molar-refractivity contribution in [3.8, 4) is 5.75 Å². The van der Waals surface area contributed by atoms with Gasteiger partial charge in [-0.1, -0.05) is 48.5 Å². The highest BCUT2D eigenvalue weighted by Crippen LogP contribution is 2.35. The van der Waals surface area contributed by atoms with Crippen molar-refractivity contribution in [2.24, 2.45) is 0 Å². The number of halogens is 1. The average Bonchev–Trinajstić information content (AvgIpc) is 3.04. The van der Waals surface area contributed by atoms with E-state index in [-0.39, 0.29) is 27.3 Å². The van der Waals surface area contributed by atoms with E-state index in [1.807, 2.05) is 24.3 Å². The van der Waals surface area contributed by atoms with Gasteiger partial charge in [-0.05, 0) is 76.3 Å². The number of nitrogens with zero attached hydrogens (tertiary/aromatic N) is 1. The third kappa shape index (κ3) is 5.05. The van der Waals surface area contributed by atoms with E-state index in [9.17, 15) is 18.0 Å². The molecule has 0 spiro atoms. The van der Waals surface area contributed by atoms with Crippen molar-refractivity contribution in [2.45, 2.75) is 11.4 Å². The fraction of sp³-hybridized carbons (Fsp3) is 0.0435. The Bertz CT molecular complexity index is 1310. The number of amides is 2. The summed E-state index contributed by atoms with van der Waals surface area (Å²) in [7, 11) is -4.05. The molecule has 162 valence electrons. The molecule has 1 heterocycles. The van der Waals surface area contributed by atoms with Crippen molar-refractivity contribution in [3.05, 3.63) is 98.5 Å². The van der Waals surface area contributed by atoms with E-state index in [1.165, 1.54) is 29.2 Å². The van der Waals surface area contributed by atoms with Gasteiger partial charge in [-0.2, -0.15) is 8.42 Å². The number of imide groups is 1. The summed E-state index contributed by atoms with van der Waals surface area (Å²) in [6.45, 7) is 0.166. The normalized spacial score (nSPS) is 15.4. The third-order valence-electron chi connectivity index (χ3n) is 4.56. The Kier molecular flexibility index (Phi) is 6.68. The Balaban J connectivity index is 1.59. The predicted molar refractivity (Wildman–Crippen MR) is 131 cm³/mol. The van der Waals surface area contributed by atoms with Crippen LogP contribution in [-0.2, 0) is 21.5 Å². The van der Waals surface area contributed by atoms with Crippen LogP contribution in [0.3, 0.4) is 0 Å². The first-order chi connectivity index (χ1) is 15.3. The van der Waals surface area contributed by atoms with Crippen LogP contribution in [0.4, 0.5) is 4.79 Å². The van der Waals surface area contributed by atoms with Crippen molar-refractivity contribution in [2.75, 3.05) is 0 Å². The van der Waals surface area contributed by atoms with Crippen molar-refractivity contribution < 1.29 is 22.2 Å². The van der Waals surface area contributed by atoms with Crippen LogP contribution in [0.2, 0.25) is 0 Å². The predicted octanol–water partition coefficient (Wildman–Crippen LogP) is 5.30. The number of carbonyl (C=O) groups is 2. The molecule has 1 fully saturated rings. The smallest absolute Gasteiger partial charge is 0.339 e. The summed E-state index contributed by atoms with van der Waals surface area (Å²) in [5.41, 5.74) is 1.22. The minimum absolute atomic E-state index is 0.0210. The number of thioether (sulfide) groups is 1. The molecule has 0 N–H and O–H groups in total. The minimum atomic E-state index is -4.05. The Morgan fingerprint density at radius 1 is 0.906 bits per heavy atom. The van der Waals surface area contributed by atoms with Crippen LogP contribution in [0, 0.1) is 3.57 Å². The largest absolute Gasteiger partial charge is 0.378 e. The molecule has 2 amide bonds. The summed E-state index contributed by atoms with van der Waals surface area (Å²) in [6.07, 6.45) is 1.48. The zero-order valence-electron chi connectivity index (χ0n) is 16.5. The number of hydrogen-bond donors (Lipinski definition) is 0. The summed E-state index contributed by atoms with van der Waals surface area (Å²) in [5.74, 6) is -0.361. The number of para-hydroxylation sites is 1. The van der Waals surface area contributed by atoms with Crippen LogP contribution in [0.25, 0.3) is 6.08 Å². The summed E-state index contributed by atoms with van der Waals surface area (Å²) < 4.78 is 31.6. The summed E-state index contributed by atoms with van der Waals surface area (Å²) >= 11 is 3.00. The topological polar surface area (TPSA) is 80.8 Å². The molecule has 0 saturated carbocycles. The van der Waals surface area contributed by atoms with Crippen LogP contribution in [-0.4, -0.2) is 24.5 Å². The number of benzene rings is 3. The van der Waals surface area contributed by atoms with Gasteiger partial charge >= 0.3 is 10.1 Å². The molecule has 6 nitrogen and oxygen atoms in total. The molecule has 0 aliphatic carbocycles. The Morgan fingerprint density at radius 3 is 2.28 bits per heavy atom. The molecule has 3 aromatic carbocycles. The summed E-state index contributed by atoms with van der Waals surface area (Å²) in [5, 5.41) is -0.380. The van der Waals surface area contributed by atoms with Crippen LogP contribution in [0.15, 0.2) is 88.7 Å². The van der Waals surface area contributed by atoms with Crippen LogP contribution in [0.1, 0.15) is 11.1 Å². The highest BCUT2D eigenvalue weighted by atomic mass is 127. The maximum atomic E-state index is 12.9. The molecule has 0 bridgehead atoms. The van der Waals surface area contributed by atoms with Gasteiger partial charge in [0.15, 0.2) is 0 Å². The van der Waals surface area contributed by atoms with E-state index >= 15 is 0 Å². The second-order valence-corrected chi connectivity index (χ2v) is 10.6. The molecule has 1 aliphatic rings. The fourth-order valence-corrected chi connectivity index (χ4v) is 5.14. The maximum Gasteiger partial charge on any atom is 0.339 e. The van der Waals surface area contributed by atoms with Gasteiger partial charge < -0.3 is 4.18 Å². The zero-order chi connectivity index (χ0) is 22.7. The third-order valence-corrected chi connectivity index (χ3v) is 7.44. The van der Waals surface area contributed by atoms with E-state index in [0.29, 0.717) is 5.56 Å². The second kappa shape index (κ2) is 9.47. The fourth-order valence-electron chi connectivity index (χ4n) is 2.98. The Hall–Kier alpha value is -2.63. The van der Waals surface area contributed by atoms with Gasteiger partial charge in [0, 0.05) is 9.13 Å². The lowest BCUT2D eigenvalue weighted by Crippen LogP contribution is -2.27. The lowest BCUT2D eigenvalue weighted by atomic mass is 10.2. The van der Waals surface area contributed by atoms with E-state index in [2.05, 4.69) is 22.6 Å². The number of carbonyl (C=O) groups excluding carboxylic acids is 2. The van der Waals surface area contributed by atoms with Crippen molar-refractivity contribution in [1.29, 1.82) is 0 Å². The molecular weight excluding hydrogens is 561 g/mol. The average molecular weight is 577 g/mol. The Morgan fingerprint density at radius 2 is 1.56 bits per heavy atom. The van der Waals surface area contributed by atoms with E-state index < -0.39 is 16.0 Å². The number of hydrogen-bond acceptors (Lipinski definition) is 6. The molecule has 1 aliphatic heterocycles. The lowest BCUT2D eigenvalue weighted by Gasteiger charge is -2.12. The monoisotopic (exact) mass is 577 g/mol. The molecule has 3 aromatic rings. The molecule has 9 heteroatoms. The molecule has 0 radical (unpaired) electrons. The highest BCUT2D eigenvalue weighted by molar-refractivity contribution is 14.1. The van der Waals surface area contributed by atoms with Gasteiger partial charge in [-0.25, -0.2) is 0 Å². The summed E-state index contributed by atoms with van der Waals surface area (Å²) in [6, 6.07) is 21.8. The van der Waals surface area contributed by atoms with E-state index in [4.69, 9.17) is 4.18 Å². The Labute approximate surface area is 203 Å². The standard InChI is InChI=1S/C23H16INO5S2/c24-18-12-10-16(11-13-18)15-25-22(26)21(31-23(25)27)14-17-6-4-5-9-20(17)30-32(28,29)19-7-2-1-3-8-19/h1-14H,15H2/b21-14-. The van der Waals surface area contributed by atoms with Crippen molar-refractivity contribution in [3.63, 3.8) is 0 Å². The first kappa shape index (κ1) is 22.6. The summed E-state index contributed by atoms with van der Waals surface area (Å²) in [4.78, 5) is 26.7. The maximum absolute atomic E-state index is 12.9. The van der Waals surface area contributed by atoms with Gasteiger partial charge in [0.25, 0.3) is 11.1 Å². The first-order valence-electron chi connectivity index (χ1n) is 9.42. The molecule has 0 aromatic heterocycles. The van der Waals surface area contributed by atoms with Gasteiger partial charge in [0.2, 0.25) is 0 Å². The quantitative estimate of drug-likeness (QED) is 0.225. The molecule has 4 rings (SSSR count). The van der Waals surface area contributed by atoms with Crippen molar-refractivity contribution >= 4 is 61.7 Å². The van der Waals surface area contributed by atoms with Gasteiger partial charge in [-0.15, -0.1) is 0 Å². The molecule has 0 unspecified atom stereocenters. The van der Waals surface area contributed by atoms with Crippen LogP contribution in [0.5, 0.6) is 5.75 Å². The van der Waals surface area contributed by atoms with Gasteiger partial charge in [0.1, 0.15) is 10.6 Å². The van der Waals surface area contributed by atoms with E-state index in [1.54, 1.807) is 36.4 Å². The minimum Gasteiger partial charge on any atom is -0.378 e. The van der Waals surface area contributed by atoms with E-state index in [0.717, 1.165) is 20.9 Å². The molecule has 1 saturated heterocycles. The van der Waals surface area contributed by atoms with Crippen LogP contribution < -0.4 is 4.18 Å². The molecule has 0 atom stereocenters. The molecular formula is C23H16INO5S2. The van der Waals surface area contributed by atoms with Gasteiger partial charge in [0.05, 0.1) is 11.4 Å². The second-order valence-electron chi connectivity index (χ2n) is 6.78. The first-order valence-corrected chi connectivity index (χ1v) is 12.7.